The molecule has 0 saturated carbocycles. The second kappa shape index (κ2) is 12.2. The topological polar surface area (TPSA) is 74.2 Å². The lowest BCUT2D eigenvalue weighted by Gasteiger charge is -2.36. The van der Waals surface area contributed by atoms with Crippen molar-refractivity contribution < 1.29 is 23.8 Å². The van der Waals surface area contributed by atoms with Crippen LogP contribution in [0.1, 0.15) is 49.7 Å². The summed E-state index contributed by atoms with van der Waals surface area (Å²) in [7, 11) is 3.19. The van der Waals surface area contributed by atoms with Crippen LogP contribution < -0.4 is 9.47 Å². The van der Waals surface area contributed by atoms with Gasteiger partial charge >= 0.3 is 5.97 Å². The van der Waals surface area contributed by atoms with Gasteiger partial charge in [-0.15, -0.1) is 0 Å². The van der Waals surface area contributed by atoms with Gasteiger partial charge in [0.15, 0.2) is 17.3 Å². The molecule has 0 radical (unpaired) electrons. The van der Waals surface area contributed by atoms with Crippen LogP contribution in [0.2, 0.25) is 5.02 Å². The molecule has 0 fully saturated rings. The van der Waals surface area contributed by atoms with Crippen molar-refractivity contribution in [1.29, 1.82) is 0 Å². The number of ether oxygens (including phenoxy) is 3. The Morgan fingerprint density at radius 3 is 2.43 bits per heavy atom. The van der Waals surface area contributed by atoms with E-state index in [-0.39, 0.29) is 17.7 Å². The van der Waals surface area contributed by atoms with Crippen molar-refractivity contribution in [3.63, 3.8) is 0 Å². The van der Waals surface area contributed by atoms with Crippen LogP contribution in [0.25, 0.3) is 0 Å². The molecule has 1 aliphatic carbocycles. The van der Waals surface area contributed by atoms with Gasteiger partial charge in [-0.3, -0.25) is 14.6 Å². The summed E-state index contributed by atoms with van der Waals surface area (Å²) >= 11 is 7.88. The molecule has 196 valence electrons. The Kier molecular flexibility index (Phi) is 8.98. The normalized spacial score (nSPS) is 21.3. The third-order valence-corrected chi connectivity index (χ3v) is 8.04. The van der Waals surface area contributed by atoms with E-state index in [9.17, 15) is 9.59 Å². The minimum Gasteiger partial charge on any atom is -0.493 e. The molecule has 3 atom stereocenters. The first kappa shape index (κ1) is 27.3. The fourth-order valence-electron chi connectivity index (χ4n) is 5.17. The number of esters is 1. The summed E-state index contributed by atoms with van der Waals surface area (Å²) in [6, 6.07) is 13.1. The van der Waals surface area contributed by atoms with Crippen molar-refractivity contribution in [2.75, 3.05) is 32.3 Å². The third kappa shape index (κ3) is 5.88. The fourth-order valence-corrected chi connectivity index (χ4v) is 5.79. The summed E-state index contributed by atoms with van der Waals surface area (Å²) < 4.78 is 16.5. The molecule has 1 heterocycles. The molecule has 2 aromatic rings. The van der Waals surface area contributed by atoms with Gasteiger partial charge in [-0.2, -0.15) is 11.8 Å². The first-order valence-corrected chi connectivity index (χ1v) is 13.9. The number of aliphatic imine (C=N–C) groups is 1. The predicted molar refractivity (Wildman–Crippen MR) is 148 cm³/mol. The number of rotatable bonds is 9. The minimum absolute atomic E-state index is 0.00317. The minimum atomic E-state index is -0.659. The molecule has 37 heavy (non-hydrogen) atoms. The van der Waals surface area contributed by atoms with Gasteiger partial charge in [0.1, 0.15) is 12.5 Å². The molecule has 2 aromatic carbocycles. The molecule has 0 bridgehead atoms. The summed E-state index contributed by atoms with van der Waals surface area (Å²) in [5.74, 6) is 1.43. The van der Waals surface area contributed by atoms with Crippen molar-refractivity contribution in [2.24, 2.45) is 10.9 Å². The Morgan fingerprint density at radius 1 is 1.05 bits per heavy atom. The Morgan fingerprint density at radius 2 is 1.76 bits per heavy atom. The first-order valence-electron chi connectivity index (χ1n) is 12.4. The number of Topliss-reactive ketones (excluding diaryl/α,β-unsaturated/α-hetero) is 1. The first-order chi connectivity index (χ1) is 17.9. The molecular weight excluding hydrogens is 510 g/mol. The van der Waals surface area contributed by atoms with Gasteiger partial charge in [-0.05, 0) is 60.4 Å². The van der Waals surface area contributed by atoms with Crippen LogP contribution >= 0.6 is 23.4 Å². The Hall–Kier alpha value is -2.77. The second-order valence-electron chi connectivity index (χ2n) is 9.13. The SMILES string of the molecule is CCSCCOC(=O)C1C(C)=NC2=C(C(=O)C[C@H](c3ccc(OC)c(OC)c3)C2)[C@H]1c1ccc(Cl)cc1. The average molecular weight is 542 g/mol. The zero-order valence-corrected chi connectivity index (χ0v) is 23.2. The van der Waals surface area contributed by atoms with Crippen molar-refractivity contribution in [3.05, 3.63) is 69.9 Å². The van der Waals surface area contributed by atoms with Gasteiger partial charge in [0.25, 0.3) is 0 Å². The van der Waals surface area contributed by atoms with E-state index in [0.717, 1.165) is 28.3 Å². The van der Waals surface area contributed by atoms with Gasteiger partial charge in [-0.1, -0.05) is 36.7 Å². The number of ketones is 1. The van der Waals surface area contributed by atoms with E-state index in [0.29, 0.717) is 47.3 Å². The molecule has 1 aliphatic heterocycles. The number of hydrogen-bond donors (Lipinski definition) is 0. The highest BCUT2D eigenvalue weighted by Gasteiger charge is 2.44. The van der Waals surface area contributed by atoms with E-state index in [2.05, 4.69) is 6.92 Å². The summed E-state index contributed by atoms with van der Waals surface area (Å²) in [6.07, 6.45) is 0.911. The zero-order chi connectivity index (χ0) is 26.5. The van der Waals surface area contributed by atoms with Crippen LogP contribution in [0.5, 0.6) is 11.5 Å². The molecule has 0 N–H and O–H groups in total. The lowest BCUT2D eigenvalue weighted by molar-refractivity contribution is -0.145. The molecule has 0 aromatic heterocycles. The number of carbonyl (C=O) groups is 2. The van der Waals surface area contributed by atoms with E-state index in [1.54, 1.807) is 38.1 Å². The largest absolute Gasteiger partial charge is 0.493 e. The highest BCUT2D eigenvalue weighted by molar-refractivity contribution is 7.99. The van der Waals surface area contributed by atoms with Crippen LogP contribution in [0, 0.1) is 5.92 Å². The lowest BCUT2D eigenvalue weighted by atomic mass is 9.69. The van der Waals surface area contributed by atoms with Crippen LogP contribution in [0.3, 0.4) is 0 Å². The number of methoxy groups -OCH3 is 2. The van der Waals surface area contributed by atoms with Gasteiger partial charge in [0.2, 0.25) is 0 Å². The number of halogens is 1. The summed E-state index contributed by atoms with van der Waals surface area (Å²) in [4.78, 5) is 31.9. The molecule has 0 spiro atoms. The molecule has 6 nitrogen and oxygen atoms in total. The van der Waals surface area contributed by atoms with Crippen molar-refractivity contribution >= 4 is 40.8 Å². The highest BCUT2D eigenvalue weighted by atomic mass is 35.5. The Bertz CT molecular complexity index is 1220. The Balaban J connectivity index is 1.70. The number of nitrogens with zero attached hydrogens (tertiary/aromatic N) is 1. The van der Waals surface area contributed by atoms with Gasteiger partial charge in [0.05, 0.1) is 14.2 Å². The van der Waals surface area contributed by atoms with Gasteiger partial charge in [-0.25, -0.2) is 0 Å². The van der Waals surface area contributed by atoms with Crippen LogP contribution in [0.4, 0.5) is 0 Å². The smallest absolute Gasteiger partial charge is 0.315 e. The third-order valence-electron chi connectivity index (χ3n) is 6.93. The van der Waals surface area contributed by atoms with E-state index in [1.807, 2.05) is 37.3 Å². The molecule has 0 saturated heterocycles. The quantitative estimate of drug-likeness (QED) is 0.277. The summed E-state index contributed by atoms with van der Waals surface area (Å²) in [5, 5.41) is 0.596. The molecular formula is C29H32ClNO5S. The Labute approximate surface area is 227 Å². The second-order valence-corrected chi connectivity index (χ2v) is 11.0. The van der Waals surface area contributed by atoms with Crippen molar-refractivity contribution in [3.8, 4) is 11.5 Å². The standard InChI is InChI=1S/C29H32ClNO5S/c1-5-37-13-12-36-29(33)26-17(2)31-22-14-20(19-8-11-24(34-3)25(16-19)35-4)15-23(32)28(22)27(26)18-6-9-21(30)10-7-18/h6-11,16,20,26-27H,5,12-15H2,1-4H3/t20-,26?,27+/m1/s1. The molecule has 8 heteroatoms. The number of hydrogen-bond acceptors (Lipinski definition) is 7. The number of carbonyl (C=O) groups excluding carboxylic acids is 2. The molecule has 2 aliphatic rings. The van der Waals surface area contributed by atoms with E-state index in [1.165, 1.54) is 0 Å². The van der Waals surface area contributed by atoms with Crippen molar-refractivity contribution in [1.82, 2.24) is 0 Å². The van der Waals surface area contributed by atoms with E-state index in [4.69, 9.17) is 30.8 Å². The zero-order valence-electron chi connectivity index (χ0n) is 21.6. The molecule has 4 rings (SSSR count). The summed E-state index contributed by atoms with van der Waals surface area (Å²) in [6.45, 7) is 4.25. The maximum atomic E-state index is 13.7. The van der Waals surface area contributed by atoms with Gasteiger partial charge < -0.3 is 14.2 Å². The van der Waals surface area contributed by atoms with Crippen LogP contribution in [0.15, 0.2) is 58.7 Å². The number of allylic oxidation sites excluding steroid dienone is 2. The lowest BCUT2D eigenvalue weighted by Crippen LogP contribution is -2.38. The summed E-state index contributed by atoms with van der Waals surface area (Å²) in [5.41, 5.74) is 3.85. The van der Waals surface area contributed by atoms with Crippen molar-refractivity contribution in [2.45, 2.75) is 38.5 Å². The van der Waals surface area contributed by atoms with E-state index >= 15 is 0 Å². The molecule has 0 amide bonds. The predicted octanol–water partition coefficient (Wildman–Crippen LogP) is 6.23. The highest BCUT2D eigenvalue weighted by Crippen LogP contribution is 2.47. The average Bonchev–Trinajstić information content (AvgIpc) is 2.90. The molecule has 1 unspecified atom stereocenters. The maximum Gasteiger partial charge on any atom is 0.315 e. The van der Waals surface area contributed by atoms with E-state index < -0.39 is 11.8 Å². The van der Waals surface area contributed by atoms with Gasteiger partial charge in [0, 0.05) is 40.1 Å². The maximum absolute atomic E-state index is 13.7. The monoisotopic (exact) mass is 541 g/mol. The van der Waals surface area contributed by atoms with Crippen LogP contribution in [-0.2, 0) is 14.3 Å². The number of thioether (sulfide) groups is 1. The fraction of sp³-hybridized carbons (Fsp3) is 0.414. The number of benzene rings is 2. The van der Waals surface area contributed by atoms with Crippen LogP contribution in [-0.4, -0.2) is 49.8 Å².